The summed E-state index contributed by atoms with van der Waals surface area (Å²) in [6.07, 6.45) is 14.8. The minimum absolute atomic E-state index is 0.849. The standard InChI is InChI=1S/C25H27IN4O/c26-31-23-9-6-21(7-10-23)24-19-30-18-22(8-11-25(30)27-24)29-16-14-28(15-17-29)13-12-20-4-2-1-3-5-20/h1-2,4,6-11,18-19H,3,5,12-17H2. The summed E-state index contributed by atoms with van der Waals surface area (Å²) in [5.74, 6) is 0.849. The van der Waals surface area contributed by atoms with E-state index >= 15 is 0 Å². The topological polar surface area (TPSA) is 33.0 Å². The molecule has 0 bridgehead atoms. The zero-order chi connectivity index (χ0) is 21.0. The Bertz CT molecular complexity index is 1090. The van der Waals surface area contributed by atoms with Crippen molar-refractivity contribution >= 4 is 34.3 Å². The molecule has 0 spiro atoms. The third-order valence-electron chi connectivity index (χ3n) is 6.26. The van der Waals surface area contributed by atoms with Crippen LogP contribution in [0.5, 0.6) is 5.75 Å². The van der Waals surface area contributed by atoms with Gasteiger partial charge in [0.25, 0.3) is 0 Å². The molecule has 0 saturated carbocycles. The highest BCUT2D eigenvalue weighted by molar-refractivity contribution is 14.1. The van der Waals surface area contributed by atoms with Crippen LogP contribution in [-0.2, 0) is 0 Å². The Kier molecular flexibility index (Phi) is 6.27. The van der Waals surface area contributed by atoms with Crippen LogP contribution in [0, 0.1) is 0 Å². The second-order valence-electron chi connectivity index (χ2n) is 8.25. The molecule has 6 heteroatoms. The SMILES string of the molecule is IOc1ccc(-c2cn3cc(N4CCN(CCC5=CC=CCC5)CC4)ccc3n2)cc1. The summed E-state index contributed by atoms with van der Waals surface area (Å²) in [6.45, 7) is 5.58. The van der Waals surface area contributed by atoms with E-state index in [1.807, 2.05) is 35.1 Å². The van der Waals surface area contributed by atoms with Crippen molar-refractivity contribution in [3.8, 4) is 17.0 Å². The molecule has 0 atom stereocenters. The number of hydrogen-bond donors (Lipinski definition) is 0. The minimum atomic E-state index is 0.849. The van der Waals surface area contributed by atoms with Crippen molar-refractivity contribution < 1.29 is 3.07 Å². The Hall–Kier alpha value is -2.32. The average Bonchev–Trinajstić information content (AvgIpc) is 3.27. The van der Waals surface area contributed by atoms with E-state index in [2.05, 4.69) is 69.1 Å². The highest BCUT2D eigenvalue weighted by atomic mass is 127. The Morgan fingerprint density at radius 1 is 0.968 bits per heavy atom. The van der Waals surface area contributed by atoms with Gasteiger partial charge in [-0.3, -0.25) is 4.90 Å². The first-order valence-electron chi connectivity index (χ1n) is 11.0. The molecule has 31 heavy (non-hydrogen) atoms. The van der Waals surface area contributed by atoms with Gasteiger partial charge in [0.05, 0.1) is 11.4 Å². The molecule has 1 aliphatic carbocycles. The van der Waals surface area contributed by atoms with Crippen molar-refractivity contribution in [3.05, 3.63) is 72.6 Å². The van der Waals surface area contributed by atoms with E-state index in [9.17, 15) is 0 Å². The molecule has 5 nitrogen and oxygen atoms in total. The number of allylic oxidation sites excluding steroid dienone is 3. The van der Waals surface area contributed by atoms with E-state index < -0.39 is 0 Å². The van der Waals surface area contributed by atoms with Crippen LogP contribution >= 0.6 is 23.0 Å². The van der Waals surface area contributed by atoms with Gasteiger partial charge in [-0.1, -0.05) is 23.8 Å². The summed E-state index contributed by atoms with van der Waals surface area (Å²) in [7, 11) is 0. The third kappa shape index (κ3) is 4.80. The highest BCUT2D eigenvalue weighted by Crippen LogP contribution is 2.25. The fourth-order valence-corrected chi connectivity index (χ4v) is 4.67. The Labute approximate surface area is 197 Å². The molecule has 2 aliphatic rings. The maximum atomic E-state index is 5.23. The lowest BCUT2D eigenvalue weighted by atomic mass is 10.0. The van der Waals surface area contributed by atoms with Crippen LogP contribution in [0.15, 0.2) is 72.6 Å². The summed E-state index contributed by atoms with van der Waals surface area (Å²) in [5, 5.41) is 0. The number of benzene rings is 1. The average molecular weight is 526 g/mol. The Morgan fingerprint density at radius 3 is 2.55 bits per heavy atom. The largest absolute Gasteiger partial charge is 0.428 e. The van der Waals surface area contributed by atoms with Crippen molar-refractivity contribution in [1.29, 1.82) is 0 Å². The lowest BCUT2D eigenvalue weighted by molar-refractivity contribution is 0.260. The summed E-state index contributed by atoms with van der Waals surface area (Å²) in [4.78, 5) is 9.88. The summed E-state index contributed by atoms with van der Waals surface area (Å²) >= 11 is 1.90. The molecule has 5 rings (SSSR count). The van der Waals surface area contributed by atoms with E-state index in [4.69, 9.17) is 8.05 Å². The molecule has 1 aromatic carbocycles. The molecular formula is C25H27IN4O. The van der Waals surface area contributed by atoms with Gasteiger partial charge in [-0.25, -0.2) is 4.98 Å². The smallest absolute Gasteiger partial charge is 0.192 e. The zero-order valence-electron chi connectivity index (χ0n) is 17.6. The summed E-state index contributed by atoms with van der Waals surface area (Å²) < 4.78 is 7.37. The van der Waals surface area contributed by atoms with Crippen molar-refractivity contribution in [2.24, 2.45) is 0 Å². The number of fused-ring (bicyclic) bond motifs is 1. The summed E-state index contributed by atoms with van der Waals surface area (Å²) in [6, 6.07) is 12.4. The molecule has 1 aliphatic heterocycles. The predicted molar refractivity (Wildman–Crippen MR) is 135 cm³/mol. The lowest BCUT2D eigenvalue weighted by Crippen LogP contribution is -2.46. The third-order valence-corrected chi connectivity index (χ3v) is 6.77. The maximum Gasteiger partial charge on any atom is 0.192 e. The van der Waals surface area contributed by atoms with Gasteiger partial charge in [0.15, 0.2) is 23.0 Å². The molecule has 0 radical (unpaired) electrons. The number of pyridine rings is 1. The van der Waals surface area contributed by atoms with Gasteiger partial charge in [0.2, 0.25) is 0 Å². The van der Waals surface area contributed by atoms with Gasteiger partial charge in [0, 0.05) is 50.7 Å². The van der Waals surface area contributed by atoms with Crippen LogP contribution in [0.1, 0.15) is 19.3 Å². The van der Waals surface area contributed by atoms with Crippen LogP contribution in [0.2, 0.25) is 0 Å². The Morgan fingerprint density at radius 2 is 1.81 bits per heavy atom. The van der Waals surface area contributed by atoms with Crippen LogP contribution in [-0.4, -0.2) is 47.0 Å². The van der Waals surface area contributed by atoms with Crippen LogP contribution in [0.25, 0.3) is 16.9 Å². The fourth-order valence-electron chi connectivity index (χ4n) is 4.38. The predicted octanol–water partition coefficient (Wildman–Crippen LogP) is 5.52. The normalized spacial score (nSPS) is 17.2. The zero-order valence-corrected chi connectivity index (χ0v) is 19.7. The second-order valence-corrected chi connectivity index (χ2v) is 8.69. The number of hydrogen-bond acceptors (Lipinski definition) is 4. The van der Waals surface area contributed by atoms with Gasteiger partial charge < -0.3 is 12.4 Å². The van der Waals surface area contributed by atoms with Gasteiger partial charge in [-0.2, -0.15) is 0 Å². The fraction of sp³-hybridized carbons (Fsp3) is 0.320. The molecule has 0 N–H and O–H groups in total. The molecule has 1 saturated heterocycles. The molecule has 2 aromatic heterocycles. The van der Waals surface area contributed by atoms with Gasteiger partial charge >= 0.3 is 0 Å². The molecule has 0 amide bonds. The van der Waals surface area contributed by atoms with Crippen molar-refractivity contribution in [2.45, 2.75) is 19.3 Å². The van der Waals surface area contributed by atoms with E-state index in [1.54, 1.807) is 5.57 Å². The van der Waals surface area contributed by atoms with Crippen molar-refractivity contribution in [2.75, 3.05) is 37.6 Å². The maximum absolute atomic E-state index is 5.23. The number of rotatable bonds is 6. The number of nitrogens with zero attached hydrogens (tertiary/aromatic N) is 4. The van der Waals surface area contributed by atoms with Crippen LogP contribution < -0.4 is 7.97 Å². The summed E-state index contributed by atoms with van der Waals surface area (Å²) in [5.41, 5.74) is 5.92. The first-order chi connectivity index (χ1) is 15.3. The first-order valence-corrected chi connectivity index (χ1v) is 11.9. The molecule has 3 aromatic rings. The van der Waals surface area contributed by atoms with Gasteiger partial charge in [0.1, 0.15) is 11.4 Å². The first kappa shape index (κ1) is 20.6. The lowest BCUT2D eigenvalue weighted by Gasteiger charge is -2.36. The van der Waals surface area contributed by atoms with E-state index in [0.29, 0.717) is 0 Å². The van der Waals surface area contributed by atoms with E-state index in [0.717, 1.165) is 48.8 Å². The Balaban J connectivity index is 1.22. The molecule has 0 unspecified atom stereocenters. The van der Waals surface area contributed by atoms with Gasteiger partial charge in [-0.15, -0.1) is 0 Å². The monoisotopic (exact) mass is 526 g/mol. The van der Waals surface area contributed by atoms with E-state index in [1.165, 1.54) is 31.5 Å². The highest BCUT2D eigenvalue weighted by Gasteiger charge is 2.18. The number of piperazine rings is 1. The quantitative estimate of drug-likeness (QED) is 0.397. The molecule has 3 heterocycles. The van der Waals surface area contributed by atoms with E-state index in [-0.39, 0.29) is 0 Å². The minimum Gasteiger partial charge on any atom is -0.428 e. The van der Waals surface area contributed by atoms with Crippen molar-refractivity contribution in [3.63, 3.8) is 0 Å². The van der Waals surface area contributed by atoms with Crippen LogP contribution in [0.3, 0.4) is 0 Å². The van der Waals surface area contributed by atoms with Gasteiger partial charge in [-0.05, 0) is 55.7 Å². The molecule has 1 fully saturated rings. The number of imidazole rings is 1. The number of aromatic nitrogens is 2. The number of halogens is 1. The van der Waals surface area contributed by atoms with Crippen molar-refractivity contribution in [1.82, 2.24) is 14.3 Å². The number of anilines is 1. The molecule has 160 valence electrons. The van der Waals surface area contributed by atoms with Crippen LogP contribution in [0.4, 0.5) is 5.69 Å². The molecular weight excluding hydrogens is 499 g/mol. The second kappa shape index (κ2) is 9.44.